The van der Waals surface area contributed by atoms with Gasteiger partial charge in [0.2, 0.25) is 11.8 Å². The minimum Gasteiger partial charge on any atom is -0.480 e. The maximum absolute atomic E-state index is 12.2. The fraction of sp³-hybridized carbons (Fsp3) is 0.800. The van der Waals surface area contributed by atoms with Crippen LogP contribution in [0.15, 0.2) is 0 Å². The number of methoxy groups -OCH3 is 1. The zero-order valence-electron chi connectivity index (χ0n) is 13.5. The molecule has 0 aromatic heterocycles. The second kappa shape index (κ2) is 8.73. The molecule has 3 unspecified atom stereocenters. The molecular weight excluding hydrogens is 288 g/mol. The van der Waals surface area contributed by atoms with Gasteiger partial charge >= 0.3 is 5.97 Å². The van der Waals surface area contributed by atoms with Crippen LogP contribution in [0.2, 0.25) is 0 Å². The van der Waals surface area contributed by atoms with Gasteiger partial charge < -0.3 is 20.1 Å². The number of piperidine rings is 1. The number of ether oxygens (including phenoxy) is 1. The number of nitrogens with one attached hydrogen (secondary N) is 1. The van der Waals surface area contributed by atoms with Gasteiger partial charge in [0.1, 0.15) is 0 Å². The Kier molecular flexibility index (Phi) is 7.31. The van der Waals surface area contributed by atoms with E-state index in [1.807, 2.05) is 13.8 Å². The van der Waals surface area contributed by atoms with Crippen LogP contribution < -0.4 is 5.32 Å². The first-order valence-electron chi connectivity index (χ1n) is 7.71. The lowest BCUT2D eigenvalue weighted by atomic mass is 9.95. The third-order valence-corrected chi connectivity index (χ3v) is 4.09. The maximum atomic E-state index is 12.2. The highest BCUT2D eigenvalue weighted by molar-refractivity contribution is 5.86. The van der Waals surface area contributed by atoms with Gasteiger partial charge in [0.15, 0.2) is 6.04 Å². The van der Waals surface area contributed by atoms with Gasteiger partial charge in [0, 0.05) is 26.1 Å². The first-order valence-corrected chi connectivity index (χ1v) is 7.71. The van der Waals surface area contributed by atoms with Crippen molar-refractivity contribution in [3.63, 3.8) is 0 Å². The lowest BCUT2D eigenvalue weighted by molar-refractivity contribution is -0.145. The Morgan fingerprint density at radius 2 is 2.09 bits per heavy atom. The van der Waals surface area contributed by atoms with Crippen molar-refractivity contribution in [1.29, 1.82) is 0 Å². The maximum Gasteiger partial charge on any atom is 0.328 e. The third kappa shape index (κ3) is 4.98. The van der Waals surface area contributed by atoms with Gasteiger partial charge in [-0.05, 0) is 19.3 Å². The molecule has 0 aliphatic carbocycles. The second-order valence-corrected chi connectivity index (χ2v) is 5.79. The second-order valence-electron chi connectivity index (χ2n) is 5.79. The summed E-state index contributed by atoms with van der Waals surface area (Å²) in [5, 5.41) is 11.5. The summed E-state index contributed by atoms with van der Waals surface area (Å²) in [7, 11) is 1.38. The molecule has 0 aromatic rings. The molecule has 1 saturated heterocycles. The minimum absolute atomic E-state index is 0.0536. The molecule has 1 rings (SSSR count). The molecule has 7 nitrogen and oxygen atoms in total. The molecule has 3 atom stereocenters. The minimum atomic E-state index is -1.13. The van der Waals surface area contributed by atoms with Gasteiger partial charge in [-0.25, -0.2) is 4.79 Å². The molecule has 2 amide bonds. The molecule has 7 heteroatoms. The van der Waals surface area contributed by atoms with E-state index in [0.29, 0.717) is 19.5 Å². The molecule has 0 saturated carbocycles. The number of carbonyl (C=O) groups is 3. The van der Waals surface area contributed by atoms with E-state index in [4.69, 9.17) is 9.84 Å². The largest absolute Gasteiger partial charge is 0.480 e. The van der Waals surface area contributed by atoms with Gasteiger partial charge in [-0.2, -0.15) is 0 Å². The summed E-state index contributed by atoms with van der Waals surface area (Å²) in [6.45, 7) is 4.77. The Morgan fingerprint density at radius 3 is 2.64 bits per heavy atom. The number of carbonyl (C=O) groups excluding carboxylic acids is 2. The molecule has 1 aliphatic rings. The van der Waals surface area contributed by atoms with Gasteiger partial charge in [-0.3, -0.25) is 9.59 Å². The van der Waals surface area contributed by atoms with Gasteiger partial charge in [0.25, 0.3) is 0 Å². The van der Waals surface area contributed by atoms with Crippen molar-refractivity contribution < 1.29 is 24.2 Å². The van der Waals surface area contributed by atoms with Crippen LogP contribution in [0.3, 0.4) is 0 Å². The molecule has 0 aromatic carbocycles. The van der Waals surface area contributed by atoms with Crippen LogP contribution in [0.1, 0.15) is 33.1 Å². The zero-order valence-corrected chi connectivity index (χ0v) is 13.5. The Balaban J connectivity index is 2.62. The zero-order chi connectivity index (χ0) is 16.7. The SMILES string of the molecule is CCC(C)C(=O)N1CCCC(C(=O)NC(COC)C(=O)O)C1. The van der Waals surface area contributed by atoms with Crippen LogP contribution in [0.25, 0.3) is 0 Å². The Labute approximate surface area is 131 Å². The van der Waals surface area contributed by atoms with Crippen molar-refractivity contribution in [3.05, 3.63) is 0 Å². The fourth-order valence-electron chi connectivity index (χ4n) is 2.51. The van der Waals surface area contributed by atoms with E-state index in [2.05, 4.69) is 5.32 Å². The molecular formula is C15H26N2O5. The summed E-state index contributed by atoms with van der Waals surface area (Å²) >= 11 is 0. The van der Waals surface area contributed by atoms with Gasteiger partial charge in [-0.1, -0.05) is 13.8 Å². The lowest BCUT2D eigenvalue weighted by Gasteiger charge is -2.34. The first-order chi connectivity index (χ1) is 10.4. The van der Waals surface area contributed by atoms with E-state index in [-0.39, 0.29) is 30.3 Å². The summed E-state index contributed by atoms with van der Waals surface area (Å²) < 4.78 is 4.80. The molecule has 1 heterocycles. The smallest absolute Gasteiger partial charge is 0.328 e. The summed E-state index contributed by atoms with van der Waals surface area (Å²) in [5.41, 5.74) is 0. The molecule has 0 spiro atoms. The number of carboxylic acids is 1. The van der Waals surface area contributed by atoms with E-state index in [1.165, 1.54) is 7.11 Å². The highest BCUT2D eigenvalue weighted by atomic mass is 16.5. The number of nitrogens with zero attached hydrogens (tertiary/aromatic N) is 1. The Bertz CT molecular complexity index is 413. The highest BCUT2D eigenvalue weighted by Crippen LogP contribution is 2.19. The van der Waals surface area contributed by atoms with E-state index < -0.39 is 12.0 Å². The van der Waals surface area contributed by atoms with Gasteiger partial charge in [0.05, 0.1) is 12.5 Å². The summed E-state index contributed by atoms with van der Waals surface area (Å²) in [5.74, 6) is -1.81. The van der Waals surface area contributed by atoms with Crippen molar-refractivity contribution in [2.24, 2.45) is 11.8 Å². The number of rotatable bonds is 7. The van der Waals surface area contributed by atoms with Crippen molar-refractivity contribution >= 4 is 17.8 Å². The predicted molar refractivity (Wildman–Crippen MR) is 80.2 cm³/mol. The summed E-state index contributed by atoms with van der Waals surface area (Å²) in [4.78, 5) is 37.2. The third-order valence-electron chi connectivity index (χ3n) is 4.09. The van der Waals surface area contributed by atoms with E-state index in [1.54, 1.807) is 4.90 Å². The monoisotopic (exact) mass is 314 g/mol. The average Bonchev–Trinajstić information content (AvgIpc) is 2.52. The molecule has 1 aliphatic heterocycles. The molecule has 2 N–H and O–H groups in total. The van der Waals surface area contributed by atoms with Crippen molar-refractivity contribution in [1.82, 2.24) is 10.2 Å². The van der Waals surface area contributed by atoms with E-state index in [9.17, 15) is 14.4 Å². The molecule has 126 valence electrons. The lowest BCUT2D eigenvalue weighted by Crippen LogP contribution is -2.51. The standard InChI is InChI=1S/C15H26N2O5/c1-4-10(2)14(19)17-7-5-6-11(8-17)13(18)16-12(9-22-3)15(20)21/h10-12H,4-9H2,1-3H3,(H,16,18)(H,20,21). The topological polar surface area (TPSA) is 95.9 Å². The van der Waals surface area contributed by atoms with E-state index >= 15 is 0 Å². The van der Waals surface area contributed by atoms with Crippen LogP contribution >= 0.6 is 0 Å². The van der Waals surface area contributed by atoms with Crippen molar-refractivity contribution in [2.45, 2.75) is 39.2 Å². The number of hydrogen-bond acceptors (Lipinski definition) is 4. The number of hydrogen-bond donors (Lipinski definition) is 2. The van der Waals surface area contributed by atoms with Crippen molar-refractivity contribution in [3.8, 4) is 0 Å². The first kappa shape index (κ1) is 18.4. The van der Waals surface area contributed by atoms with Crippen LogP contribution in [-0.2, 0) is 19.1 Å². The van der Waals surface area contributed by atoms with Crippen LogP contribution in [-0.4, -0.2) is 60.6 Å². The Hall–Kier alpha value is -1.63. The summed E-state index contributed by atoms with van der Waals surface area (Å²) in [6.07, 6.45) is 2.18. The predicted octanol–water partition coefficient (Wildman–Crippen LogP) is 0.487. The Morgan fingerprint density at radius 1 is 1.41 bits per heavy atom. The van der Waals surface area contributed by atoms with Crippen molar-refractivity contribution in [2.75, 3.05) is 26.8 Å². The highest BCUT2D eigenvalue weighted by Gasteiger charge is 2.31. The quantitative estimate of drug-likeness (QED) is 0.713. The number of amides is 2. The molecule has 22 heavy (non-hydrogen) atoms. The van der Waals surface area contributed by atoms with Crippen LogP contribution in [0.5, 0.6) is 0 Å². The molecule has 1 fully saturated rings. The number of aliphatic carboxylic acids is 1. The van der Waals surface area contributed by atoms with E-state index in [0.717, 1.165) is 12.8 Å². The molecule has 0 radical (unpaired) electrons. The summed E-state index contributed by atoms with van der Waals surface area (Å²) in [6, 6.07) is -1.06. The molecule has 0 bridgehead atoms. The normalized spacial score (nSPS) is 21.0. The average molecular weight is 314 g/mol. The number of likely N-dealkylation sites (tertiary alicyclic amines) is 1. The van der Waals surface area contributed by atoms with Gasteiger partial charge in [-0.15, -0.1) is 0 Å². The number of carboxylic acid groups (broad SMARTS) is 1. The van der Waals surface area contributed by atoms with Crippen LogP contribution in [0, 0.1) is 11.8 Å². The fourth-order valence-corrected chi connectivity index (χ4v) is 2.51. The van der Waals surface area contributed by atoms with Crippen LogP contribution in [0.4, 0.5) is 0 Å².